The summed E-state index contributed by atoms with van der Waals surface area (Å²) in [7, 11) is 0. The fourth-order valence-corrected chi connectivity index (χ4v) is 0.741. The smallest absolute Gasteiger partial charge is 0.303 e. The second-order valence-corrected chi connectivity index (χ2v) is 2.74. The number of carbonyl (C=O) groups is 1. The highest BCUT2D eigenvalue weighted by molar-refractivity contribution is 5.66. The third-order valence-electron chi connectivity index (χ3n) is 1.28. The van der Waals surface area contributed by atoms with Crippen molar-refractivity contribution in [3.63, 3.8) is 0 Å². The maximum Gasteiger partial charge on any atom is 0.303 e. The third-order valence-corrected chi connectivity index (χ3v) is 1.28. The van der Waals surface area contributed by atoms with E-state index in [1.165, 1.54) is 6.92 Å². The van der Waals surface area contributed by atoms with Crippen LogP contribution in [0.5, 0.6) is 0 Å². The van der Waals surface area contributed by atoms with E-state index in [4.69, 9.17) is 4.74 Å². The Morgan fingerprint density at radius 1 is 1.62 bits per heavy atom. The van der Waals surface area contributed by atoms with Gasteiger partial charge in [-0.05, 0) is 25.5 Å². The van der Waals surface area contributed by atoms with E-state index in [0.29, 0.717) is 0 Å². The average Bonchev–Trinajstić information content (AvgIpc) is 2.02. The quantitative estimate of drug-likeness (QED) is 0.492. The molecule has 0 spiro atoms. The lowest BCUT2D eigenvalue weighted by atomic mass is 10.3. The zero-order chi connectivity index (χ0) is 10.1. The summed E-state index contributed by atoms with van der Waals surface area (Å²) in [5, 5.41) is 0. The van der Waals surface area contributed by atoms with Gasteiger partial charge in [0, 0.05) is 13.3 Å². The monoisotopic (exact) mass is 180 g/mol. The van der Waals surface area contributed by atoms with Gasteiger partial charge in [-0.3, -0.25) is 4.79 Å². The Hall–Kier alpha value is -1.23. The molecule has 0 amide bonds. The minimum absolute atomic E-state index is 0.187. The van der Waals surface area contributed by atoms with Gasteiger partial charge in [0.1, 0.15) is 6.10 Å². The molecule has 0 saturated heterocycles. The molecular formula is C11H16O2. The first-order chi connectivity index (χ1) is 6.16. The lowest BCUT2D eigenvalue weighted by Gasteiger charge is -2.04. The first-order valence-electron chi connectivity index (χ1n) is 4.49. The normalized spacial score (nSPS) is 11.9. The molecule has 1 atom stereocenters. The maximum atomic E-state index is 10.5. The molecule has 0 fully saturated rings. The van der Waals surface area contributed by atoms with Gasteiger partial charge in [0.05, 0.1) is 0 Å². The summed E-state index contributed by atoms with van der Waals surface area (Å²) < 4.78 is 4.86. The van der Waals surface area contributed by atoms with Crippen molar-refractivity contribution in [1.82, 2.24) is 0 Å². The Balaban J connectivity index is 3.72. The molecule has 13 heavy (non-hydrogen) atoms. The highest BCUT2D eigenvalue weighted by Gasteiger charge is 1.97. The van der Waals surface area contributed by atoms with Crippen LogP contribution < -0.4 is 0 Å². The molecule has 72 valence electrons. The number of esters is 1. The Bertz CT molecular complexity index is 230. The number of carbonyl (C=O) groups excluding carboxylic acids is 1. The zero-order valence-corrected chi connectivity index (χ0v) is 8.46. The Labute approximate surface area is 80.0 Å². The largest absolute Gasteiger partial charge is 0.459 e. The van der Waals surface area contributed by atoms with Crippen molar-refractivity contribution < 1.29 is 9.53 Å². The lowest BCUT2D eigenvalue weighted by Crippen LogP contribution is -2.08. The molecule has 0 heterocycles. The van der Waals surface area contributed by atoms with E-state index in [1.54, 1.807) is 19.1 Å². The number of ether oxygens (including phenoxy) is 1. The van der Waals surface area contributed by atoms with Crippen molar-refractivity contribution in [3.05, 3.63) is 12.2 Å². The van der Waals surface area contributed by atoms with Crippen molar-refractivity contribution in [2.24, 2.45) is 0 Å². The molecule has 0 rings (SSSR count). The van der Waals surface area contributed by atoms with E-state index in [1.807, 2.05) is 0 Å². The van der Waals surface area contributed by atoms with Crippen LogP contribution in [0, 0.1) is 11.8 Å². The van der Waals surface area contributed by atoms with E-state index in [9.17, 15) is 4.79 Å². The van der Waals surface area contributed by atoms with Crippen LogP contribution in [0.2, 0.25) is 0 Å². The van der Waals surface area contributed by atoms with Gasteiger partial charge in [0.15, 0.2) is 0 Å². The fourth-order valence-electron chi connectivity index (χ4n) is 0.741. The number of allylic oxidation sites excluding steroid dienone is 1. The first kappa shape index (κ1) is 11.8. The Morgan fingerprint density at radius 2 is 2.31 bits per heavy atom. The van der Waals surface area contributed by atoms with Gasteiger partial charge in [0.25, 0.3) is 0 Å². The van der Waals surface area contributed by atoms with Crippen LogP contribution >= 0.6 is 0 Å². The van der Waals surface area contributed by atoms with Gasteiger partial charge in [0.2, 0.25) is 0 Å². The van der Waals surface area contributed by atoms with E-state index < -0.39 is 0 Å². The molecule has 0 aromatic heterocycles. The van der Waals surface area contributed by atoms with Gasteiger partial charge in [-0.1, -0.05) is 18.8 Å². The van der Waals surface area contributed by atoms with Gasteiger partial charge in [-0.15, -0.1) is 0 Å². The van der Waals surface area contributed by atoms with Gasteiger partial charge in [-0.2, -0.15) is 0 Å². The van der Waals surface area contributed by atoms with E-state index >= 15 is 0 Å². The Kier molecular flexibility index (Phi) is 6.72. The van der Waals surface area contributed by atoms with Crippen LogP contribution in [-0.4, -0.2) is 12.1 Å². The summed E-state index contributed by atoms with van der Waals surface area (Å²) >= 11 is 0. The van der Waals surface area contributed by atoms with E-state index in [0.717, 1.165) is 12.8 Å². The van der Waals surface area contributed by atoms with Crippen LogP contribution in [0.1, 0.15) is 33.6 Å². The predicted molar refractivity (Wildman–Crippen MR) is 53.1 cm³/mol. The number of unbranched alkanes of at least 4 members (excludes halogenated alkanes) is 1. The predicted octanol–water partition coefficient (Wildman–Crippen LogP) is 2.30. The zero-order valence-electron chi connectivity index (χ0n) is 8.46. The summed E-state index contributed by atoms with van der Waals surface area (Å²) in [6, 6.07) is 0. The molecule has 2 heteroatoms. The van der Waals surface area contributed by atoms with Crippen molar-refractivity contribution in [3.8, 4) is 11.8 Å². The topological polar surface area (TPSA) is 26.3 Å². The van der Waals surface area contributed by atoms with Crippen LogP contribution in [0.4, 0.5) is 0 Å². The minimum Gasteiger partial charge on any atom is -0.459 e. The highest BCUT2D eigenvalue weighted by atomic mass is 16.5. The number of hydrogen-bond acceptors (Lipinski definition) is 2. The van der Waals surface area contributed by atoms with Crippen LogP contribution in [0.3, 0.4) is 0 Å². The van der Waals surface area contributed by atoms with Crippen LogP contribution in [0.25, 0.3) is 0 Å². The molecular weight excluding hydrogens is 164 g/mol. The molecule has 0 aliphatic carbocycles. The second-order valence-electron chi connectivity index (χ2n) is 2.74. The van der Waals surface area contributed by atoms with E-state index in [2.05, 4.69) is 18.8 Å². The summed E-state index contributed by atoms with van der Waals surface area (Å²) in [5.41, 5.74) is 0. The molecule has 0 aromatic rings. The van der Waals surface area contributed by atoms with Gasteiger partial charge >= 0.3 is 5.97 Å². The fraction of sp³-hybridized carbons (Fsp3) is 0.545. The molecule has 0 radical (unpaired) electrons. The molecule has 1 unspecified atom stereocenters. The SMILES string of the molecule is CCCC#C/C=C/C(C)OC(C)=O. The molecule has 0 saturated carbocycles. The second kappa shape index (κ2) is 7.42. The number of hydrogen-bond donors (Lipinski definition) is 0. The molecule has 0 aliphatic heterocycles. The molecule has 2 nitrogen and oxygen atoms in total. The maximum absolute atomic E-state index is 10.5. The summed E-state index contributed by atoms with van der Waals surface area (Å²) in [5.74, 6) is 5.57. The first-order valence-corrected chi connectivity index (χ1v) is 4.49. The highest BCUT2D eigenvalue weighted by Crippen LogP contribution is 1.92. The van der Waals surface area contributed by atoms with Crippen LogP contribution in [0.15, 0.2) is 12.2 Å². The van der Waals surface area contributed by atoms with Gasteiger partial charge < -0.3 is 4.74 Å². The molecule has 0 N–H and O–H groups in total. The summed E-state index contributed by atoms with van der Waals surface area (Å²) in [4.78, 5) is 10.5. The Morgan fingerprint density at radius 3 is 2.85 bits per heavy atom. The average molecular weight is 180 g/mol. The third kappa shape index (κ3) is 8.68. The van der Waals surface area contributed by atoms with Crippen molar-refractivity contribution >= 4 is 5.97 Å². The molecule has 0 aromatic carbocycles. The minimum atomic E-state index is -0.265. The van der Waals surface area contributed by atoms with E-state index in [-0.39, 0.29) is 12.1 Å². The van der Waals surface area contributed by atoms with Gasteiger partial charge in [-0.25, -0.2) is 0 Å². The van der Waals surface area contributed by atoms with Crippen molar-refractivity contribution in [1.29, 1.82) is 0 Å². The van der Waals surface area contributed by atoms with Crippen molar-refractivity contribution in [2.45, 2.75) is 39.7 Å². The number of rotatable bonds is 3. The lowest BCUT2D eigenvalue weighted by molar-refractivity contribution is -0.143. The van der Waals surface area contributed by atoms with Crippen LogP contribution in [-0.2, 0) is 9.53 Å². The molecule has 0 aliphatic rings. The summed E-state index contributed by atoms with van der Waals surface area (Å²) in [6.45, 7) is 5.28. The summed E-state index contributed by atoms with van der Waals surface area (Å²) in [6.07, 6.45) is 5.29. The standard InChI is InChI=1S/C11H16O2/c1-4-5-6-7-8-9-10(2)13-11(3)12/h8-10H,4-5H2,1-3H3/b9-8+. The molecule has 0 bridgehead atoms. The van der Waals surface area contributed by atoms with Crippen molar-refractivity contribution in [2.75, 3.05) is 0 Å².